The molecule has 0 aliphatic carbocycles. The largest absolute Gasteiger partial charge is 0.340 e. The fraction of sp³-hybridized carbons (Fsp3) is 0.556. The van der Waals surface area contributed by atoms with Gasteiger partial charge in [-0.05, 0) is 31.4 Å². The van der Waals surface area contributed by atoms with Crippen molar-refractivity contribution in [2.75, 3.05) is 26.7 Å². The maximum absolute atomic E-state index is 12.8. The zero-order valence-electron chi connectivity index (χ0n) is 13.7. The van der Waals surface area contributed by atoms with Gasteiger partial charge in [0.05, 0.1) is 6.42 Å². The second-order valence-electron chi connectivity index (χ2n) is 6.50. The number of amides is 2. The van der Waals surface area contributed by atoms with Crippen molar-refractivity contribution in [2.24, 2.45) is 0 Å². The van der Waals surface area contributed by atoms with Gasteiger partial charge in [0.1, 0.15) is 6.04 Å². The Labute approximate surface area is 137 Å². The van der Waals surface area contributed by atoms with Crippen LogP contribution in [0, 0.1) is 0 Å². The van der Waals surface area contributed by atoms with Crippen molar-refractivity contribution >= 4 is 11.8 Å². The Morgan fingerprint density at radius 1 is 1.26 bits per heavy atom. The van der Waals surface area contributed by atoms with Crippen LogP contribution >= 0.6 is 0 Å². The third-order valence-corrected chi connectivity index (χ3v) is 4.99. The first-order chi connectivity index (χ1) is 11.2. The van der Waals surface area contributed by atoms with Crippen molar-refractivity contribution in [1.82, 2.24) is 15.1 Å². The van der Waals surface area contributed by atoms with Gasteiger partial charge in [-0.25, -0.2) is 0 Å². The van der Waals surface area contributed by atoms with E-state index in [4.69, 9.17) is 0 Å². The number of carbonyl (C=O) groups excluding carboxylic acids is 2. The van der Waals surface area contributed by atoms with Crippen molar-refractivity contribution in [2.45, 2.75) is 37.8 Å². The highest BCUT2D eigenvalue weighted by Gasteiger charge is 2.37. The minimum atomic E-state index is -0.281. The fourth-order valence-electron chi connectivity index (χ4n) is 3.58. The van der Waals surface area contributed by atoms with Crippen LogP contribution in [0.4, 0.5) is 0 Å². The van der Waals surface area contributed by atoms with Crippen molar-refractivity contribution in [3.8, 4) is 0 Å². The SMILES string of the molecule is CN(C(=O)C1CCCN1C(=O)Cc1ccccc1)C1CCNC1. The Morgan fingerprint density at radius 2 is 2.04 bits per heavy atom. The van der Waals surface area contributed by atoms with Crippen molar-refractivity contribution in [3.05, 3.63) is 35.9 Å². The lowest BCUT2D eigenvalue weighted by atomic mass is 10.1. The lowest BCUT2D eigenvalue weighted by molar-refractivity contribution is -0.143. The molecule has 3 rings (SSSR count). The van der Waals surface area contributed by atoms with E-state index in [1.807, 2.05) is 42.3 Å². The molecule has 1 aromatic rings. The van der Waals surface area contributed by atoms with Crippen LogP contribution in [-0.4, -0.2) is 60.4 Å². The molecule has 2 aliphatic heterocycles. The van der Waals surface area contributed by atoms with E-state index in [1.165, 1.54) is 0 Å². The van der Waals surface area contributed by atoms with E-state index < -0.39 is 0 Å². The highest BCUT2D eigenvalue weighted by molar-refractivity contribution is 5.89. The first-order valence-electron chi connectivity index (χ1n) is 8.47. The molecule has 5 nitrogen and oxygen atoms in total. The van der Waals surface area contributed by atoms with Crippen molar-refractivity contribution < 1.29 is 9.59 Å². The number of benzene rings is 1. The Balaban J connectivity index is 1.64. The van der Waals surface area contributed by atoms with Crippen LogP contribution in [0.2, 0.25) is 0 Å². The summed E-state index contributed by atoms with van der Waals surface area (Å²) in [5, 5.41) is 3.29. The predicted molar refractivity (Wildman–Crippen MR) is 88.9 cm³/mol. The molecule has 2 saturated heterocycles. The normalized spacial score (nSPS) is 24.0. The smallest absolute Gasteiger partial charge is 0.245 e. The van der Waals surface area contributed by atoms with Gasteiger partial charge in [0.2, 0.25) is 11.8 Å². The summed E-state index contributed by atoms with van der Waals surface area (Å²) in [6, 6.07) is 9.72. The third-order valence-electron chi connectivity index (χ3n) is 4.99. The molecule has 0 bridgehead atoms. The Bertz CT molecular complexity index is 555. The maximum atomic E-state index is 12.8. The average molecular weight is 315 g/mol. The van der Waals surface area contributed by atoms with Gasteiger partial charge in [-0.15, -0.1) is 0 Å². The summed E-state index contributed by atoms with van der Waals surface area (Å²) in [7, 11) is 1.87. The van der Waals surface area contributed by atoms with Gasteiger partial charge >= 0.3 is 0 Å². The van der Waals surface area contributed by atoms with E-state index in [-0.39, 0.29) is 23.9 Å². The molecule has 0 aromatic heterocycles. The summed E-state index contributed by atoms with van der Waals surface area (Å²) in [5.74, 6) is 0.155. The number of hydrogen-bond donors (Lipinski definition) is 1. The molecule has 124 valence electrons. The van der Waals surface area contributed by atoms with Gasteiger partial charge in [0, 0.05) is 26.2 Å². The molecule has 1 aromatic carbocycles. The molecule has 0 saturated carbocycles. The van der Waals surface area contributed by atoms with E-state index in [9.17, 15) is 9.59 Å². The first kappa shape index (κ1) is 16.0. The van der Waals surface area contributed by atoms with Crippen LogP contribution in [0.3, 0.4) is 0 Å². The average Bonchev–Trinajstić information content (AvgIpc) is 3.25. The van der Waals surface area contributed by atoms with Crippen LogP contribution in [-0.2, 0) is 16.0 Å². The number of nitrogens with one attached hydrogen (secondary N) is 1. The zero-order valence-corrected chi connectivity index (χ0v) is 13.7. The number of likely N-dealkylation sites (N-methyl/N-ethyl adjacent to an activating group) is 1. The summed E-state index contributed by atoms with van der Waals surface area (Å²) < 4.78 is 0. The third kappa shape index (κ3) is 3.55. The van der Waals surface area contributed by atoms with Crippen LogP contribution in [0.15, 0.2) is 30.3 Å². The molecule has 2 aliphatic rings. The number of hydrogen-bond acceptors (Lipinski definition) is 3. The van der Waals surface area contributed by atoms with E-state index >= 15 is 0 Å². The Kier molecular flexibility index (Phi) is 4.96. The Morgan fingerprint density at radius 3 is 2.74 bits per heavy atom. The lowest BCUT2D eigenvalue weighted by Crippen LogP contribution is -2.50. The lowest BCUT2D eigenvalue weighted by Gasteiger charge is -2.31. The van der Waals surface area contributed by atoms with Gasteiger partial charge in [-0.2, -0.15) is 0 Å². The maximum Gasteiger partial charge on any atom is 0.245 e. The second-order valence-corrected chi connectivity index (χ2v) is 6.50. The van der Waals surface area contributed by atoms with Gasteiger partial charge in [0.25, 0.3) is 0 Å². The highest BCUT2D eigenvalue weighted by Crippen LogP contribution is 2.22. The number of likely N-dealkylation sites (tertiary alicyclic amines) is 1. The van der Waals surface area contributed by atoms with E-state index in [0.29, 0.717) is 13.0 Å². The minimum Gasteiger partial charge on any atom is -0.340 e. The van der Waals surface area contributed by atoms with E-state index in [2.05, 4.69) is 5.32 Å². The van der Waals surface area contributed by atoms with Crippen LogP contribution in [0.1, 0.15) is 24.8 Å². The summed E-state index contributed by atoms with van der Waals surface area (Å²) in [6.07, 6.45) is 3.06. The van der Waals surface area contributed by atoms with Crippen molar-refractivity contribution in [3.63, 3.8) is 0 Å². The molecule has 2 atom stereocenters. The standard InChI is InChI=1S/C18H25N3O2/c1-20(15-9-10-19-13-15)18(23)16-8-5-11-21(16)17(22)12-14-6-3-2-4-7-14/h2-4,6-7,15-16,19H,5,8-13H2,1H3. The molecule has 2 unspecified atom stereocenters. The van der Waals surface area contributed by atoms with Gasteiger partial charge in [0.15, 0.2) is 0 Å². The number of carbonyl (C=O) groups is 2. The summed E-state index contributed by atoms with van der Waals surface area (Å²) in [5.41, 5.74) is 1.00. The van der Waals surface area contributed by atoms with Gasteiger partial charge in [-0.1, -0.05) is 30.3 Å². The summed E-state index contributed by atoms with van der Waals surface area (Å²) in [6.45, 7) is 2.51. The molecule has 2 fully saturated rings. The topological polar surface area (TPSA) is 52.7 Å². The fourth-order valence-corrected chi connectivity index (χ4v) is 3.58. The molecule has 2 amide bonds. The summed E-state index contributed by atoms with van der Waals surface area (Å²) >= 11 is 0. The van der Waals surface area contributed by atoms with Crippen LogP contribution in [0.5, 0.6) is 0 Å². The highest BCUT2D eigenvalue weighted by atomic mass is 16.2. The Hall–Kier alpha value is -1.88. The molecule has 2 heterocycles. The molecule has 0 radical (unpaired) electrons. The second kappa shape index (κ2) is 7.13. The first-order valence-corrected chi connectivity index (χ1v) is 8.47. The van der Waals surface area contributed by atoms with Gasteiger partial charge in [-0.3, -0.25) is 9.59 Å². The number of nitrogens with zero attached hydrogens (tertiary/aromatic N) is 2. The predicted octanol–water partition coefficient (Wildman–Crippen LogP) is 1.04. The molecule has 23 heavy (non-hydrogen) atoms. The molecular weight excluding hydrogens is 290 g/mol. The van der Waals surface area contributed by atoms with Crippen LogP contribution in [0.25, 0.3) is 0 Å². The van der Waals surface area contributed by atoms with Crippen molar-refractivity contribution in [1.29, 1.82) is 0 Å². The number of rotatable bonds is 4. The monoisotopic (exact) mass is 315 g/mol. The minimum absolute atomic E-state index is 0.0602. The summed E-state index contributed by atoms with van der Waals surface area (Å²) in [4.78, 5) is 29.1. The molecular formula is C18H25N3O2. The van der Waals surface area contributed by atoms with E-state index in [0.717, 1.165) is 37.9 Å². The molecule has 0 spiro atoms. The molecule has 5 heteroatoms. The van der Waals surface area contributed by atoms with Crippen LogP contribution < -0.4 is 5.32 Å². The van der Waals surface area contributed by atoms with E-state index in [1.54, 1.807) is 4.90 Å². The quantitative estimate of drug-likeness (QED) is 0.903. The molecule has 1 N–H and O–H groups in total. The van der Waals surface area contributed by atoms with Gasteiger partial charge < -0.3 is 15.1 Å². The zero-order chi connectivity index (χ0) is 16.2.